The Balaban J connectivity index is 2.96. The topological polar surface area (TPSA) is 75.4 Å². The first kappa shape index (κ1) is 16.5. The molecule has 1 aromatic carbocycles. The lowest BCUT2D eigenvalue weighted by Crippen LogP contribution is -2.34. The van der Waals surface area contributed by atoms with Crippen molar-refractivity contribution in [2.24, 2.45) is 5.73 Å². The van der Waals surface area contributed by atoms with Crippen LogP contribution in [0.3, 0.4) is 0 Å². The van der Waals surface area contributed by atoms with E-state index in [1.165, 1.54) is 7.05 Å². The molecule has 0 bridgehead atoms. The fourth-order valence-corrected chi connectivity index (χ4v) is 2.95. The van der Waals surface area contributed by atoms with E-state index in [1.54, 1.807) is 0 Å². The van der Waals surface area contributed by atoms with Crippen LogP contribution in [0.5, 0.6) is 0 Å². The quantitative estimate of drug-likeness (QED) is 0.838. The molecule has 19 heavy (non-hydrogen) atoms. The van der Waals surface area contributed by atoms with E-state index in [9.17, 15) is 12.8 Å². The highest BCUT2D eigenvalue weighted by Crippen LogP contribution is 2.32. The number of benzene rings is 1. The molecule has 0 aliphatic heterocycles. The molecule has 0 aliphatic carbocycles. The molecule has 1 rings (SSSR count). The first-order valence-corrected chi connectivity index (χ1v) is 7.56. The molecule has 0 aromatic heterocycles. The molecule has 1 aromatic rings. The van der Waals surface area contributed by atoms with Crippen LogP contribution >= 0.6 is 23.2 Å². The predicted molar refractivity (Wildman–Crippen MR) is 75.3 cm³/mol. The van der Waals surface area contributed by atoms with E-state index in [0.29, 0.717) is 13.0 Å². The van der Waals surface area contributed by atoms with Crippen LogP contribution in [0.2, 0.25) is 10.0 Å². The van der Waals surface area contributed by atoms with E-state index in [-0.39, 0.29) is 22.3 Å². The van der Waals surface area contributed by atoms with E-state index < -0.39 is 16.0 Å². The molecular weight excluding hydrogens is 316 g/mol. The monoisotopic (exact) mass is 329 g/mol. The summed E-state index contributed by atoms with van der Waals surface area (Å²) >= 11 is 11.5. The van der Waals surface area contributed by atoms with Gasteiger partial charge in [0, 0.05) is 13.6 Å². The zero-order valence-corrected chi connectivity index (χ0v) is 12.5. The average Bonchev–Trinajstić information content (AvgIpc) is 2.30. The predicted octanol–water partition coefficient (Wildman–Crippen LogP) is 2.07. The first-order chi connectivity index (χ1) is 8.77. The van der Waals surface area contributed by atoms with Gasteiger partial charge in [-0.15, -0.1) is 0 Å². The van der Waals surface area contributed by atoms with Crippen LogP contribution in [-0.4, -0.2) is 32.9 Å². The smallest absolute Gasteiger partial charge is 0.301 e. The van der Waals surface area contributed by atoms with Crippen LogP contribution in [0.4, 0.5) is 10.1 Å². The third-order valence-electron chi connectivity index (χ3n) is 2.33. The van der Waals surface area contributed by atoms with Gasteiger partial charge in [-0.3, -0.25) is 4.72 Å². The van der Waals surface area contributed by atoms with E-state index in [2.05, 4.69) is 4.72 Å². The number of nitrogens with one attached hydrogen (secondary N) is 1. The van der Waals surface area contributed by atoms with Gasteiger partial charge in [0.1, 0.15) is 5.82 Å². The van der Waals surface area contributed by atoms with Crippen molar-refractivity contribution in [2.75, 3.05) is 24.9 Å². The minimum absolute atomic E-state index is 0.0515. The highest BCUT2D eigenvalue weighted by molar-refractivity contribution is 7.90. The zero-order valence-electron chi connectivity index (χ0n) is 10.2. The molecule has 0 heterocycles. The summed E-state index contributed by atoms with van der Waals surface area (Å²) < 4.78 is 40.2. The fourth-order valence-electron chi connectivity index (χ4n) is 1.28. The SMILES string of the molecule is CN(CCCN)S(=O)(=O)Nc1c(Cl)cc(F)cc1Cl. The van der Waals surface area contributed by atoms with Crippen molar-refractivity contribution in [1.29, 1.82) is 0 Å². The summed E-state index contributed by atoms with van der Waals surface area (Å²) in [5.74, 6) is -0.644. The fraction of sp³-hybridized carbons (Fsp3) is 0.400. The molecule has 108 valence electrons. The number of halogens is 3. The number of rotatable bonds is 6. The third-order valence-corrected chi connectivity index (χ3v) is 4.39. The standard InChI is InChI=1S/C10H14Cl2FN3O2S/c1-16(4-2-3-14)19(17,18)15-10-8(11)5-7(13)6-9(10)12/h5-6,15H,2-4,14H2,1H3. The van der Waals surface area contributed by atoms with Gasteiger partial charge in [-0.2, -0.15) is 12.7 Å². The molecule has 0 radical (unpaired) electrons. The van der Waals surface area contributed by atoms with Gasteiger partial charge in [-0.1, -0.05) is 23.2 Å². The van der Waals surface area contributed by atoms with Gasteiger partial charge >= 0.3 is 10.2 Å². The van der Waals surface area contributed by atoms with Gasteiger partial charge in [0.25, 0.3) is 0 Å². The second kappa shape index (κ2) is 6.71. The maximum absolute atomic E-state index is 13.0. The van der Waals surface area contributed by atoms with Crippen molar-refractivity contribution in [3.8, 4) is 0 Å². The molecule has 0 saturated carbocycles. The van der Waals surface area contributed by atoms with Crippen LogP contribution in [0.25, 0.3) is 0 Å². The molecular formula is C10H14Cl2FN3O2S. The van der Waals surface area contributed by atoms with Crippen LogP contribution in [0, 0.1) is 5.82 Å². The molecule has 3 N–H and O–H groups in total. The summed E-state index contributed by atoms with van der Waals surface area (Å²) in [6.07, 6.45) is 0.516. The highest BCUT2D eigenvalue weighted by Gasteiger charge is 2.20. The Hall–Kier alpha value is -0.600. The van der Waals surface area contributed by atoms with Crippen LogP contribution in [0.15, 0.2) is 12.1 Å². The Morgan fingerprint density at radius 2 is 1.89 bits per heavy atom. The van der Waals surface area contributed by atoms with Crippen molar-refractivity contribution < 1.29 is 12.8 Å². The lowest BCUT2D eigenvalue weighted by molar-refractivity contribution is 0.468. The second-order valence-electron chi connectivity index (χ2n) is 3.82. The molecule has 0 amide bonds. The maximum Gasteiger partial charge on any atom is 0.301 e. The Labute approximate surface area is 121 Å². The van der Waals surface area contributed by atoms with Crippen LogP contribution in [-0.2, 0) is 10.2 Å². The van der Waals surface area contributed by atoms with Gasteiger partial charge in [0.05, 0.1) is 15.7 Å². The first-order valence-electron chi connectivity index (χ1n) is 5.36. The summed E-state index contributed by atoms with van der Waals surface area (Å²) in [5, 5.41) is -0.221. The molecule has 0 saturated heterocycles. The second-order valence-corrected chi connectivity index (χ2v) is 6.41. The lowest BCUT2D eigenvalue weighted by atomic mass is 10.3. The third kappa shape index (κ3) is 4.47. The van der Waals surface area contributed by atoms with Gasteiger partial charge < -0.3 is 5.73 Å². The number of hydrogen-bond donors (Lipinski definition) is 2. The summed E-state index contributed by atoms with van der Waals surface area (Å²) in [6, 6.07) is 1.95. The van der Waals surface area contributed by atoms with Gasteiger partial charge in [-0.05, 0) is 25.1 Å². The summed E-state index contributed by atoms with van der Waals surface area (Å²) in [4.78, 5) is 0. The molecule has 0 atom stereocenters. The van der Waals surface area contributed by atoms with Crippen molar-refractivity contribution in [2.45, 2.75) is 6.42 Å². The minimum Gasteiger partial charge on any atom is -0.330 e. The van der Waals surface area contributed by atoms with E-state index in [0.717, 1.165) is 16.4 Å². The lowest BCUT2D eigenvalue weighted by Gasteiger charge is -2.19. The van der Waals surface area contributed by atoms with Crippen LogP contribution in [0.1, 0.15) is 6.42 Å². The largest absolute Gasteiger partial charge is 0.330 e. The maximum atomic E-state index is 13.0. The average molecular weight is 330 g/mol. The van der Waals surface area contributed by atoms with E-state index in [1.807, 2.05) is 0 Å². The molecule has 5 nitrogen and oxygen atoms in total. The van der Waals surface area contributed by atoms with Crippen molar-refractivity contribution >= 4 is 39.1 Å². The summed E-state index contributed by atoms with van der Waals surface area (Å²) in [7, 11) is -2.41. The molecule has 0 unspecified atom stereocenters. The molecule has 0 aliphatic rings. The molecule has 9 heteroatoms. The number of nitrogens with two attached hydrogens (primary N) is 1. The van der Waals surface area contributed by atoms with Gasteiger partial charge in [0.2, 0.25) is 0 Å². The van der Waals surface area contributed by atoms with Gasteiger partial charge in [0.15, 0.2) is 0 Å². The summed E-state index contributed by atoms with van der Waals surface area (Å²) in [6.45, 7) is 0.625. The number of nitrogens with zero attached hydrogens (tertiary/aromatic N) is 1. The summed E-state index contributed by atoms with van der Waals surface area (Å²) in [5.41, 5.74) is 5.26. The number of hydrogen-bond acceptors (Lipinski definition) is 3. The van der Waals surface area contributed by atoms with Crippen molar-refractivity contribution in [3.05, 3.63) is 28.0 Å². The molecule has 0 spiro atoms. The Morgan fingerprint density at radius 3 is 2.37 bits per heavy atom. The van der Waals surface area contributed by atoms with Gasteiger partial charge in [-0.25, -0.2) is 4.39 Å². The number of anilines is 1. The van der Waals surface area contributed by atoms with E-state index >= 15 is 0 Å². The highest BCUT2D eigenvalue weighted by atomic mass is 35.5. The van der Waals surface area contributed by atoms with Crippen molar-refractivity contribution in [1.82, 2.24) is 4.31 Å². The molecule has 0 fully saturated rings. The zero-order chi connectivity index (χ0) is 14.6. The van der Waals surface area contributed by atoms with E-state index in [4.69, 9.17) is 28.9 Å². The Bertz CT molecular complexity index is 531. The van der Waals surface area contributed by atoms with Crippen molar-refractivity contribution in [3.63, 3.8) is 0 Å². The normalized spacial score (nSPS) is 11.9. The Morgan fingerprint density at radius 1 is 1.37 bits per heavy atom. The van der Waals surface area contributed by atoms with Crippen LogP contribution < -0.4 is 10.5 Å². The Kier molecular flexibility index (Phi) is 5.82. The minimum atomic E-state index is -3.81.